The third kappa shape index (κ3) is 5.03. The third-order valence-corrected chi connectivity index (χ3v) is 11.0. The van der Waals surface area contributed by atoms with Gasteiger partial charge in [-0.25, -0.2) is 0 Å². The summed E-state index contributed by atoms with van der Waals surface area (Å²) in [6.07, 6.45) is 3.12. The van der Waals surface area contributed by atoms with Gasteiger partial charge in [-0.3, -0.25) is 0 Å². The van der Waals surface area contributed by atoms with Crippen LogP contribution in [0, 0.1) is 0 Å². The number of nitrogens with one attached hydrogen (secondary N) is 1. The maximum absolute atomic E-state index is 13.5. The zero-order chi connectivity index (χ0) is 27.7. The van der Waals surface area contributed by atoms with E-state index in [1.54, 1.807) is 35.6 Å². The third-order valence-electron chi connectivity index (χ3n) is 7.42. The van der Waals surface area contributed by atoms with Gasteiger partial charge in [0.05, 0.1) is 0 Å². The van der Waals surface area contributed by atoms with Crippen molar-refractivity contribution in [1.82, 2.24) is 34.3 Å². The van der Waals surface area contributed by atoms with Crippen LogP contribution in [0.4, 0.5) is 13.6 Å². The molecular formula is C25H29F2N7O3SSe. The number of hydrogen-bond acceptors (Lipinski definition) is 6. The first-order chi connectivity index (χ1) is 18.5. The molecular weight excluding hydrogens is 595 g/mol. The van der Waals surface area contributed by atoms with Crippen LogP contribution in [0.15, 0.2) is 23.1 Å². The van der Waals surface area contributed by atoms with E-state index in [1.165, 1.54) is 4.90 Å². The van der Waals surface area contributed by atoms with E-state index >= 15 is 0 Å². The molecule has 0 saturated heterocycles. The molecule has 0 bridgehead atoms. The van der Waals surface area contributed by atoms with E-state index in [4.69, 9.17) is 5.10 Å². The zero-order valence-electron chi connectivity index (χ0n) is 21.8. The van der Waals surface area contributed by atoms with Crippen molar-refractivity contribution in [2.45, 2.75) is 61.8 Å². The number of halogens is 2. The van der Waals surface area contributed by atoms with Gasteiger partial charge in [0.2, 0.25) is 0 Å². The molecule has 0 aromatic carbocycles. The average Bonchev–Trinajstić information content (AvgIpc) is 3.77. The van der Waals surface area contributed by atoms with Crippen molar-refractivity contribution in [2.24, 2.45) is 0 Å². The summed E-state index contributed by atoms with van der Waals surface area (Å²) in [5.74, 6) is 0.166. The molecule has 39 heavy (non-hydrogen) atoms. The molecule has 2 aliphatic carbocycles. The molecule has 6 rings (SSSR count). The SMILES string of the molecule is CN(C)C(=O)N1CC=C(c2cc(S(=O)(=O)NC3(C)CC3)cc3c(-c4nnc(C(F)F)[se]4)c(C4CC4)nn23)CC1. The molecule has 2 fully saturated rings. The molecule has 2 amide bonds. The van der Waals surface area contributed by atoms with Crippen LogP contribution in [0.3, 0.4) is 0 Å². The van der Waals surface area contributed by atoms with Crippen LogP contribution in [-0.2, 0) is 10.0 Å². The summed E-state index contributed by atoms with van der Waals surface area (Å²) in [6.45, 7) is 2.73. The van der Waals surface area contributed by atoms with Crippen molar-refractivity contribution in [3.63, 3.8) is 0 Å². The van der Waals surface area contributed by atoms with E-state index in [0.29, 0.717) is 40.9 Å². The number of carbonyl (C=O) groups excluding carboxylic acids is 1. The fourth-order valence-corrected chi connectivity index (χ4v) is 7.94. The number of amides is 2. The van der Waals surface area contributed by atoms with E-state index in [1.807, 2.05) is 13.0 Å². The average molecular weight is 625 g/mol. The van der Waals surface area contributed by atoms with Gasteiger partial charge >= 0.3 is 231 Å². The van der Waals surface area contributed by atoms with Crippen molar-refractivity contribution in [1.29, 1.82) is 0 Å². The molecule has 0 radical (unpaired) electrons. The van der Waals surface area contributed by atoms with Crippen LogP contribution in [0.25, 0.3) is 21.2 Å². The molecule has 0 spiro atoms. The number of alkyl halides is 2. The van der Waals surface area contributed by atoms with Gasteiger partial charge in [0.25, 0.3) is 0 Å². The fourth-order valence-electron chi connectivity index (χ4n) is 4.84. The molecule has 3 aromatic heterocycles. The Hall–Kier alpha value is -2.67. The minimum atomic E-state index is -3.88. The summed E-state index contributed by atoms with van der Waals surface area (Å²) in [7, 11) is -0.472. The summed E-state index contributed by atoms with van der Waals surface area (Å²) in [4.78, 5) is 15.8. The molecule has 0 unspecified atom stereocenters. The number of nitrogens with zero attached hydrogens (tertiary/aromatic N) is 6. The van der Waals surface area contributed by atoms with Crippen LogP contribution in [0.1, 0.15) is 67.3 Å². The van der Waals surface area contributed by atoms with Crippen molar-refractivity contribution in [3.05, 3.63) is 34.2 Å². The van der Waals surface area contributed by atoms with Gasteiger partial charge in [-0.2, -0.15) is 0 Å². The molecule has 0 atom stereocenters. The number of aromatic nitrogens is 4. The molecule has 4 heterocycles. The van der Waals surface area contributed by atoms with Gasteiger partial charge in [-0.1, -0.05) is 0 Å². The summed E-state index contributed by atoms with van der Waals surface area (Å²) in [5, 5.41) is 12.8. The standard InChI is InChI=1S/C25H29F2N7O3SSe/c1-25(8-9-25)31-38(36,37)16-12-17(14-6-10-33(11-7-14)24(35)32(2)3)34-18(13-16)19(20(30-34)15-4-5-15)22-28-29-23(39-22)21(26)27/h6,12-13,15,21,31H,4-5,7-11H2,1-3H3. The number of sulfonamides is 1. The van der Waals surface area contributed by atoms with Crippen LogP contribution in [0.5, 0.6) is 0 Å². The molecule has 208 valence electrons. The minimum absolute atomic E-state index is 0.0930. The maximum atomic E-state index is 13.5. The molecule has 3 aromatic rings. The summed E-state index contributed by atoms with van der Waals surface area (Å²) in [6, 6.07) is 3.12. The van der Waals surface area contributed by atoms with Gasteiger partial charge in [-0.15, -0.1) is 0 Å². The van der Waals surface area contributed by atoms with Crippen molar-refractivity contribution in [3.8, 4) is 10.1 Å². The Balaban J connectivity index is 1.53. The Bertz CT molecular complexity index is 1610. The second kappa shape index (κ2) is 9.46. The number of fused-ring (bicyclic) bond motifs is 1. The quantitative estimate of drug-likeness (QED) is 0.404. The number of urea groups is 1. The molecule has 1 N–H and O–H groups in total. The monoisotopic (exact) mass is 625 g/mol. The second-order valence-electron chi connectivity index (χ2n) is 10.9. The van der Waals surface area contributed by atoms with Gasteiger partial charge in [0.15, 0.2) is 0 Å². The van der Waals surface area contributed by atoms with E-state index in [-0.39, 0.29) is 21.4 Å². The van der Waals surface area contributed by atoms with Crippen molar-refractivity contribution in [2.75, 3.05) is 27.2 Å². The molecule has 14 heteroatoms. The predicted octanol–water partition coefficient (Wildman–Crippen LogP) is 3.26. The second-order valence-corrected chi connectivity index (χ2v) is 14.7. The molecule has 2 saturated carbocycles. The Kier molecular flexibility index (Phi) is 6.44. The van der Waals surface area contributed by atoms with Crippen LogP contribution in [0.2, 0.25) is 0 Å². The zero-order valence-corrected chi connectivity index (χ0v) is 24.3. The van der Waals surface area contributed by atoms with Crippen LogP contribution in [-0.4, -0.2) is 91.3 Å². The fraction of sp³-hybridized carbons (Fsp3) is 0.520. The molecule has 3 aliphatic rings. The Labute approximate surface area is 230 Å². The van der Waals surface area contributed by atoms with Gasteiger partial charge in [0.1, 0.15) is 0 Å². The Morgan fingerprint density at radius 3 is 2.54 bits per heavy atom. The van der Waals surface area contributed by atoms with E-state index < -0.39 is 36.5 Å². The summed E-state index contributed by atoms with van der Waals surface area (Å²) < 4.78 is 58.7. The first-order valence-electron chi connectivity index (χ1n) is 12.8. The number of rotatable bonds is 7. The molecule has 10 nitrogen and oxygen atoms in total. The topological polar surface area (TPSA) is 113 Å². The Morgan fingerprint density at radius 1 is 1.23 bits per heavy atom. The van der Waals surface area contributed by atoms with Gasteiger partial charge in [-0.05, 0) is 0 Å². The first-order valence-corrected chi connectivity index (χ1v) is 16.0. The number of carbonyl (C=O) groups is 1. The predicted molar refractivity (Wildman–Crippen MR) is 141 cm³/mol. The van der Waals surface area contributed by atoms with Crippen molar-refractivity contribution < 1.29 is 22.0 Å². The van der Waals surface area contributed by atoms with Gasteiger partial charge in [0, 0.05) is 0 Å². The van der Waals surface area contributed by atoms with E-state index in [2.05, 4.69) is 14.9 Å². The number of pyridine rings is 1. The van der Waals surface area contributed by atoms with E-state index in [0.717, 1.165) is 37.0 Å². The van der Waals surface area contributed by atoms with Crippen LogP contribution < -0.4 is 4.72 Å². The number of hydrogen-bond donors (Lipinski definition) is 1. The summed E-state index contributed by atoms with van der Waals surface area (Å²) in [5.41, 5.74) is 2.91. The Morgan fingerprint density at radius 2 is 1.97 bits per heavy atom. The van der Waals surface area contributed by atoms with E-state index in [9.17, 15) is 22.0 Å². The van der Waals surface area contributed by atoms with Crippen molar-refractivity contribution >= 4 is 41.6 Å². The first kappa shape index (κ1) is 26.5. The summed E-state index contributed by atoms with van der Waals surface area (Å²) >= 11 is -0.784. The van der Waals surface area contributed by atoms with Gasteiger partial charge < -0.3 is 0 Å². The molecule has 1 aliphatic heterocycles. The normalized spacial score (nSPS) is 19.0. The van der Waals surface area contributed by atoms with Crippen LogP contribution >= 0.6 is 0 Å².